The fourth-order valence-corrected chi connectivity index (χ4v) is 4.59. The monoisotopic (exact) mass is 329 g/mol. The molecule has 1 aromatic heterocycles. The fourth-order valence-electron chi connectivity index (χ4n) is 4.59. The largest absolute Gasteiger partial charge is 0.380 e. The van der Waals surface area contributed by atoms with Crippen LogP contribution in [0.4, 0.5) is 0 Å². The summed E-state index contributed by atoms with van der Waals surface area (Å²) < 4.78 is 5.55. The molecule has 0 saturated carbocycles. The third-order valence-electron chi connectivity index (χ3n) is 5.93. The molecule has 0 aliphatic carbocycles. The summed E-state index contributed by atoms with van der Waals surface area (Å²) >= 11 is 0. The predicted molar refractivity (Wildman–Crippen MR) is 91.5 cm³/mol. The van der Waals surface area contributed by atoms with Gasteiger partial charge in [0.15, 0.2) is 0 Å². The van der Waals surface area contributed by atoms with E-state index in [4.69, 9.17) is 4.74 Å². The highest BCUT2D eigenvalue weighted by Crippen LogP contribution is 2.41. The van der Waals surface area contributed by atoms with Gasteiger partial charge in [0.25, 0.3) is 0 Å². The molecule has 0 bridgehead atoms. The van der Waals surface area contributed by atoms with Crippen molar-refractivity contribution in [3.8, 4) is 0 Å². The lowest BCUT2D eigenvalue weighted by Crippen LogP contribution is -2.51. The molecule has 0 aromatic carbocycles. The van der Waals surface area contributed by atoms with Gasteiger partial charge in [-0.3, -0.25) is 14.7 Å². The molecule has 3 fully saturated rings. The molecule has 1 aromatic rings. The van der Waals surface area contributed by atoms with Crippen molar-refractivity contribution in [3.63, 3.8) is 0 Å². The minimum atomic E-state index is -0.162. The van der Waals surface area contributed by atoms with Crippen molar-refractivity contribution in [2.45, 2.75) is 45.2 Å². The van der Waals surface area contributed by atoms with Crippen LogP contribution in [0.15, 0.2) is 18.2 Å². The Hall–Kier alpha value is -1.46. The topological polar surface area (TPSA) is 45.7 Å². The van der Waals surface area contributed by atoms with Crippen LogP contribution in [-0.2, 0) is 16.1 Å². The van der Waals surface area contributed by atoms with Gasteiger partial charge in [-0.25, -0.2) is 0 Å². The number of nitrogens with zero attached hydrogens (tertiary/aromatic N) is 3. The number of aromatic nitrogens is 1. The second kappa shape index (κ2) is 6.45. The van der Waals surface area contributed by atoms with Crippen LogP contribution in [0.1, 0.15) is 37.1 Å². The Morgan fingerprint density at radius 3 is 3.04 bits per heavy atom. The van der Waals surface area contributed by atoms with Crippen molar-refractivity contribution in [1.82, 2.24) is 14.8 Å². The van der Waals surface area contributed by atoms with Crippen molar-refractivity contribution in [2.24, 2.45) is 5.41 Å². The highest BCUT2D eigenvalue weighted by atomic mass is 16.5. The Bertz CT molecular complexity index is 614. The molecule has 3 aliphatic rings. The summed E-state index contributed by atoms with van der Waals surface area (Å²) in [4.78, 5) is 22.3. The summed E-state index contributed by atoms with van der Waals surface area (Å²) in [6.07, 6.45) is 4.26. The number of likely N-dealkylation sites (tertiary alicyclic amines) is 2. The summed E-state index contributed by atoms with van der Waals surface area (Å²) in [5.41, 5.74) is 1.85. The Balaban J connectivity index is 1.45. The number of pyridine rings is 1. The maximum atomic E-state index is 13.2. The zero-order valence-electron chi connectivity index (χ0n) is 14.5. The average molecular weight is 329 g/mol. The van der Waals surface area contributed by atoms with E-state index in [1.54, 1.807) is 0 Å². The van der Waals surface area contributed by atoms with E-state index in [1.807, 2.05) is 30.0 Å². The van der Waals surface area contributed by atoms with Crippen LogP contribution >= 0.6 is 0 Å². The summed E-state index contributed by atoms with van der Waals surface area (Å²) in [5.74, 6) is 0.342. The molecule has 5 nitrogen and oxygen atoms in total. The quantitative estimate of drug-likeness (QED) is 0.851. The first kappa shape index (κ1) is 16.0. The molecule has 4 rings (SSSR count). The first-order chi connectivity index (χ1) is 11.7. The Morgan fingerprint density at radius 1 is 1.33 bits per heavy atom. The highest BCUT2D eigenvalue weighted by Gasteiger charge is 2.49. The number of ether oxygens (including phenoxy) is 1. The molecular weight excluding hydrogens is 302 g/mol. The Morgan fingerprint density at radius 2 is 2.25 bits per heavy atom. The van der Waals surface area contributed by atoms with E-state index in [1.165, 1.54) is 0 Å². The van der Waals surface area contributed by atoms with Crippen LogP contribution in [0, 0.1) is 12.3 Å². The lowest BCUT2D eigenvalue weighted by Gasteiger charge is -2.41. The normalized spacial score (nSPS) is 31.3. The minimum Gasteiger partial charge on any atom is -0.380 e. The van der Waals surface area contributed by atoms with Gasteiger partial charge < -0.3 is 9.64 Å². The molecule has 0 radical (unpaired) electrons. The fraction of sp³-hybridized carbons (Fsp3) is 0.684. The summed E-state index contributed by atoms with van der Waals surface area (Å²) in [6.45, 7) is 7.24. The number of amides is 1. The second-order valence-corrected chi connectivity index (χ2v) is 7.62. The number of aryl methyl sites for hydroxylation is 1. The number of carbonyl (C=O) groups is 1. The summed E-state index contributed by atoms with van der Waals surface area (Å²) in [6, 6.07) is 6.56. The molecule has 0 unspecified atom stereocenters. The van der Waals surface area contributed by atoms with Crippen LogP contribution in [0.5, 0.6) is 0 Å². The van der Waals surface area contributed by atoms with Crippen LogP contribution < -0.4 is 0 Å². The van der Waals surface area contributed by atoms with Crippen molar-refractivity contribution < 1.29 is 9.53 Å². The van der Waals surface area contributed by atoms with Crippen LogP contribution in [-0.4, -0.2) is 59.6 Å². The van der Waals surface area contributed by atoms with Gasteiger partial charge in [-0.2, -0.15) is 0 Å². The van der Waals surface area contributed by atoms with Gasteiger partial charge in [-0.1, -0.05) is 6.07 Å². The van der Waals surface area contributed by atoms with E-state index in [0.29, 0.717) is 18.5 Å². The number of piperidine rings is 1. The smallest absolute Gasteiger partial charge is 0.230 e. The van der Waals surface area contributed by atoms with Gasteiger partial charge in [0, 0.05) is 31.4 Å². The number of hydrogen-bond acceptors (Lipinski definition) is 4. The zero-order valence-corrected chi connectivity index (χ0v) is 14.5. The van der Waals surface area contributed by atoms with E-state index in [2.05, 4.69) is 9.88 Å². The van der Waals surface area contributed by atoms with Gasteiger partial charge in [-0.15, -0.1) is 0 Å². The molecule has 2 atom stereocenters. The maximum Gasteiger partial charge on any atom is 0.230 e. The third kappa shape index (κ3) is 2.95. The van der Waals surface area contributed by atoms with Gasteiger partial charge in [0.2, 0.25) is 5.91 Å². The second-order valence-electron chi connectivity index (χ2n) is 7.62. The standard InChI is InChI=1S/C19H27N3O2/c1-15-4-2-5-16(20-15)12-21-10-8-19(18(21)23)7-3-9-22(14-19)17-6-11-24-13-17/h2,4-5,17H,3,6-14H2,1H3/t17-,19-/m1/s1. The Labute approximate surface area is 144 Å². The molecule has 130 valence electrons. The molecule has 24 heavy (non-hydrogen) atoms. The molecule has 5 heteroatoms. The number of hydrogen-bond donors (Lipinski definition) is 0. The summed E-state index contributed by atoms with van der Waals surface area (Å²) in [7, 11) is 0. The molecule has 4 heterocycles. The molecule has 1 spiro atoms. The molecule has 3 saturated heterocycles. The predicted octanol–water partition coefficient (Wildman–Crippen LogP) is 1.99. The van der Waals surface area contributed by atoms with E-state index < -0.39 is 0 Å². The lowest BCUT2D eigenvalue weighted by atomic mass is 9.78. The number of carbonyl (C=O) groups excluding carboxylic acids is 1. The SMILES string of the molecule is Cc1cccc(CN2CC[C@@]3(CCCN([C@@H]4CCOC4)C3)C2=O)n1. The lowest BCUT2D eigenvalue weighted by molar-refractivity contribution is -0.139. The highest BCUT2D eigenvalue weighted by molar-refractivity contribution is 5.85. The van der Waals surface area contributed by atoms with Gasteiger partial charge >= 0.3 is 0 Å². The molecule has 3 aliphatic heterocycles. The van der Waals surface area contributed by atoms with Crippen molar-refractivity contribution >= 4 is 5.91 Å². The van der Waals surface area contributed by atoms with Crippen LogP contribution in [0.2, 0.25) is 0 Å². The molecular formula is C19H27N3O2. The van der Waals surface area contributed by atoms with Gasteiger partial charge in [0.1, 0.15) is 0 Å². The zero-order chi connectivity index (χ0) is 16.6. The van der Waals surface area contributed by atoms with E-state index >= 15 is 0 Å². The van der Waals surface area contributed by atoms with Crippen LogP contribution in [0.3, 0.4) is 0 Å². The van der Waals surface area contributed by atoms with Crippen molar-refractivity contribution in [3.05, 3.63) is 29.6 Å². The van der Waals surface area contributed by atoms with E-state index in [0.717, 1.165) is 69.9 Å². The van der Waals surface area contributed by atoms with Crippen molar-refractivity contribution in [1.29, 1.82) is 0 Å². The first-order valence-electron chi connectivity index (χ1n) is 9.20. The van der Waals surface area contributed by atoms with Crippen LogP contribution in [0.25, 0.3) is 0 Å². The van der Waals surface area contributed by atoms with E-state index in [-0.39, 0.29) is 5.41 Å². The molecule has 0 N–H and O–H groups in total. The number of rotatable bonds is 3. The Kier molecular flexibility index (Phi) is 4.31. The van der Waals surface area contributed by atoms with Gasteiger partial charge in [-0.05, 0) is 51.3 Å². The third-order valence-corrected chi connectivity index (χ3v) is 5.93. The average Bonchev–Trinajstić information content (AvgIpc) is 3.21. The first-order valence-corrected chi connectivity index (χ1v) is 9.20. The maximum absolute atomic E-state index is 13.2. The minimum absolute atomic E-state index is 0.162. The van der Waals surface area contributed by atoms with Crippen molar-refractivity contribution in [2.75, 3.05) is 32.8 Å². The molecule has 1 amide bonds. The van der Waals surface area contributed by atoms with Gasteiger partial charge in [0.05, 0.1) is 24.3 Å². The summed E-state index contributed by atoms with van der Waals surface area (Å²) in [5, 5.41) is 0. The van der Waals surface area contributed by atoms with E-state index in [9.17, 15) is 4.79 Å².